The third-order valence-corrected chi connectivity index (χ3v) is 4.18. The number of carboxylic acids is 1. The molecule has 0 amide bonds. The van der Waals surface area contributed by atoms with E-state index < -0.39 is 5.97 Å². The predicted molar refractivity (Wildman–Crippen MR) is 87.1 cm³/mol. The Morgan fingerprint density at radius 1 is 0.750 bits per heavy atom. The highest BCUT2D eigenvalue weighted by atomic mass is 16.4. The molecule has 0 spiro atoms. The van der Waals surface area contributed by atoms with E-state index in [0.717, 1.165) is 18.8 Å². The smallest absolute Gasteiger partial charge is 0.303 e. The lowest BCUT2D eigenvalue weighted by Gasteiger charge is -2.16. The molecular weight excluding hydrogens is 248 g/mol. The summed E-state index contributed by atoms with van der Waals surface area (Å²) in [5.41, 5.74) is 0. The first kappa shape index (κ1) is 19.5. The maximum absolute atomic E-state index is 10.5. The molecule has 0 heterocycles. The van der Waals surface area contributed by atoms with Crippen molar-refractivity contribution in [2.45, 2.75) is 104 Å². The van der Waals surface area contributed by atoms with Crippen LogP contribution in [0.3, 0.4) is 0 Å². The van der Waals surface area contributed by atoms with Gasteiger partial charge in [-0.2, -0.15) is 0 Å². The minimum absolute atomic E-state index is 0.346. The summed E-state index contributed by atoms with van der Waals surface area (Å²) >= 11 is 0. The number of hydrogen-bond acceptors (Lipinski definition) is 1. The topological polar surface area (TPSA) is 37.3 Å². The van der Waals surface area contributed by atoms with E-state index in [1.54, 1.807) is 0 Å². The fourth-order valence-corrected chi connectivity index (χ4v) is 2.86. The summed E-state index contributed by atoms with van der Waals surface area (Å²) in [4.78, 5) is 10.5. The summed E-state index contributed by atoms with van der Waals surface area (Å²) < 4.78 is 0. The third kappa shape index (κ3) is 13.9. The molecule has 2 heteroatoms. The van der Waals surface area contributed by atoms with E-state index in [0.29, 0.717) is 6.42 Å². The Morgan fingerprint density at radius 3 is 1.60 bits per heavy atom. The van der Waals surface area contributed by atoms with Gasteiger partial charge in [0.15, 0.2) is 0 Å². The van der Waals surface area contributed by atoms with Crippen LogP contribution < -0.4 is 0 Å². The van der Waals surface area contributed by atoms with Crippen molar-refractivity contribution >= 4 is 5.97 Å². The summed E-state index contributed by atoms with van der Waals surface area (Å²) in [6.45, 7) is 4.52. The first-order valence-electron chi connectivity index (χ1n) is 8.92. The van der Waals surface area contributed by atoms with Gasteiger partial charge in [0.1, 0.15) is 0 Å². The van der Waals surface area contributed by atoms with Gasteiger partial charge in [0, 0.05) is 6.42 Å². The average Bonchev–Trinajstić information content (AvgIpc) is 2.43. The van der Waals surface area contributed by atoms with Crippen LogP contribution >= 0.6 is 0 Å². The summed E-state index contributed by atoms with van der Waals surface area (Å²) in [6.07, 6.45) is 17.1. The van der Waals surface area contributed by atoms with Crippen LogP contribution in [-0.2, 0) is 4.79 Å². The number of aliphatic carboxylic acids is 1. The molecule has 0 aromatic rings. The molecule has 0 aliphatic carbocycles. The van der Waals surface area contributed by atoms with Gasteiger partial charge < -0.3 is 5.11 Å². The molecule has 0 aliphatic heterocycles. The maximum Gasteiger partial charge on any atom is 0.303 e. The van der Waals surface area contributed by atoms with Gasteiger partial charge in [-0.05, 0) is 12.3 Å². The van der Waals surface area contributed by atoms with Gasteiger partial charge in [-0.15, -0.1) is 0 Å². The van der Waals surface area contributed by atoms with Crippen molar-refractivity contribution in [3.63, 3.8) is 0 Å². The molecule has 0 atom stereocenters. The largest absolute Gasteiger partial charge is 0.481 e. The van der Waals surface area contributed by atoms with Crippen LogP contribution in [0.2, 0.25) is 0 Å². The number of unbranched alkanes of at least 4 members (excludes halogenated alkanes) is 7. The van der Waals surface area contributed by atoms with Gasteiger partial charge in [0.05, 0.1) is 0 Å². The average molecular weight is 284 g/mol. The van der Waals surface area contributed by atoms with E-state index >= 15 is 0 Å². The van der Waals surface area contributed by atoms with Gasteiger partial charge >= 0.3 is 5.97 Å². The van der Waals surface area contributed by atoms with Crippen molar-refractivity contribution in [2.24, 2.45) is 5.92 Å². The molecule has 0 saturated carbocycles. The van der Waals surface area contributed by atoms with Crippen LogP contribution in [0.15, 0.2) is 0 Å². The normalized spacial score (nSPS) is 11.2. The van der Waals surface area contributed by atoms with E-state index in [-0.39, 0.29) is 0 Å². The highest BCUT2D eigenvalue weighted by Gasteiger charge is 2.09. The molecule has 0 bridgehead atoms. The van der Waals surface area contributed by atoms with Crippen molar-refractivity contribution in [1.82, 2.24) is 0 Å². The number of carboxylic acid groups (broad SMARTS) is 1. The van der Waals surface area contributed by atoms with Crippen LogP contribution in [0.1, 0.15) is 104 Å². The Hall–Kier alpha value is -0.530. The van der Waals surface area contributed by atoms with Crippen LogP contribution in [0.4, 0.5) is 0 Å². The highest BCUT2D eigenvalue weighted by Crippen LogP contribution is 2.23. The lowest BCUT2D eigenvalue weighted by molar-refractivity contribution is -0.137. The fraction of sp³-hybridized carbons (Fsp3) is 0.944. The first-order valence-corrected chi connectivity index (χ1v) is 8.92. The Balaban J connectivity index is 3.75. The number of carbonyl (C=O) groups is 1. The molecule has 0 radical (unpaired) electrons. The number of rotatable bonds is 15. The lowest BCUT2D eigenvalue weighted by Crippen LogP contribution is -2.02. The second-order valence-electron chi connectivity index (χ2n) is 6.20. The molecule has 0 aromatic carbocycles. The van der Waals surface area contributed by atoms with Gasteiger partial charge in [-0.1, -0.05) is 90.9 Å². The van der Waals surface area contributed by atoms with E-state index in [1.807, 2.05) is 0 Å². The monoisotopic (exact) mass is 284 g/mol. The summed E-state index contributed by atoms with van der Waals surface area (Å²) in [5.74, 6) is 0.199. The van der Waals surface area contributed by atoms with E-state index in [1.165, 1.54) is 70.6 Å². The molecule has 0 unspecified atom stereocenters. The van der Waals surface area contributed by atoms with Crippen LogP contribution in [0.5, 0.6) is 0 Å². The van der Waals surface area contributed by atoms with Gasteiger partial charge in [0.25, 0.3) is 0 Å². The summed E-state index contributed by atoms with van der Waals surface area (Å²) in [6, 6.07) is 0. The molecular formula is C18H36O2. The van der Waals surface area contributed by atoms with Gasteiger partial charge in [-0.25, -0.2) is 0 Å². The molecule has 20 heavy (non-hydrogen) atoms. The molecule has 0 aromatic heterocycles. The number of hydrogen-bond donors (Lipinski definition) is 1. The van der Waals surface area contributed by atoms with Crippen LogP contribution in [-0.4, -0.2) is 11.1 Å². The highest BCUT2D eigenvalue weighted by molar-refractivity contribution is 5.66. The fourth-order valence-electron chi connectivity index (χ4n) is 2.86. The zero-order valence-electron chi connectivity index (χ0n) is 13.8. The van der Waals surface area contributed by atoms with Crippen LogP contribution in [0, 0.1) is 5.92 Å². The Bertz CT molecular complexity index is 201. The Kier molecular flexibility index (Phi) is 14.5. The molecule has 0 aliphatic rings. The zero-order valence-corrected chi connectivity index (χ0v) is 13.8. The van der Waals surface area contributed by atoms with Crippen LogP contribution in [0.25, 0.3) is 0 Å². The summed E-state index contributed by atoms with van der Waals surface area (Å²) in [5, 5.41) is 8.68. The molecule has 0 rings (SSSR count). The second kappa shape index (κ2) is 14.9. The summed E-state index contributed by atoms with van der Waals surface area (Å²) in [7, 11) is 0. The molecule has 0 fully saturated rings. The van der Waals surface area contributed by atoms with Crippen molar-refractivity contribution in [3.8, 4) is 0 Å². The van der Waals surface area contributed by atoms with E-state index in [4.69, 9.17) is 5.11 Å². The minimum Gasteiger partial charge on any atom is -0.481 e. The Labute approximate surface area is 126 Å². The molecule has 120 valence electrons. The SMILES string of the molecule is CCCCCCC(CCCCCC)CCCCC(=O)O. The van der Waals surface area contributed by atoms with Crippen molar-refractivity contribution in [3.05, 3.63) is 0 Å². The third-order valence-electron chi connectivity index (χ3n) is 4.18. The van der Waals surface area contributed by atoms with Crippen molar-refractivity contribution < 1.29 is 9.90 Å². The molecule has 1 N–H and O–H groups in total. The lowest BCUT2D eigenvalue weighted by atomic mass is 9.90. The Morgan fingerprint density at radius 2 is 1.20 bits per heavy atom. The van der Waals surface area contributed by atoms with Gasteiger partial charge in [0.2, 0.25) is 0 Å². The maximum atomic E-state index is 10.5. The zero-order chi connectivity index (χ0) is 15.1. The predicted octanol–water partition coefficient (Wildman–Crippen LogP) is 6.19. The van der Waals surface area contributed by atoms with E-state index in [9.17, 15) is 4.79 Å². The first-order chi connectivity index (χ1) is 9.70. The minimum atomic E-state index is -0.646. The molecule has 2 nitrogen and oxygen atoms in total. The van der Waals surface area contributed by atoms with E-state index in [2.05, 4.69) is 13.8 Å². The van der Waals surface area contributed by atoms with Crippen molar-refractivity contribution in [2.75, 3.05) is 0 Å². The quantitative estimate of drug-likeness (QED) is 0.364. The second-order valence-corrected chi connectivity index (χ2v) is 6.20. The van der Waals surface area contributed by atoms with Gasteiger partial charge in [-0.3, -0.25) is 4.79 Å². The standard InChI is InChI=1S/C18H36O2/c1-3-5-7-9-13-17(14-10-8-6-4-2)15-11-12-16-18(19)20/h17H,3-16H2,1-2H3,(H,19,20). The molecule has 0 saturated heterocycles. The van der Waals surface area contributed by atoms with Crippen molar-refractivity contribution in [1.29, 1.82) is 0 Å².